The van der Waals surface area contributed by atoms with E-state index in [1.54, 1.807) is 7.11 Å². The molecule has 1 aromatic heterocycles. The highest BCUT2D eigenvalue weighted by Gasteiger charge is 2.13. The third kappa shape index (κ3) is 2.09. The summed E-state index contributed by atoms with van der Waals surface area (Å²) >= 11 is 3.33. The van der Waals surface area contributed by atoms with Gasteiger partial charge in [0.15, 0.2) is 4.73 Å². The lowest BCUT2D eigenvalue weighted by molar-refractivity contribution is 0.411. The Morgan fingerprint density at radius 3 is 2.47 bits per heavy atom. The molecule has 4 heteroatoms. The second kappa shape index (κ2) is 4.53. The third-order valence-corrected chi connectivity index (χ3v) is 3.49. The van der Waals surface area contributed by atoms with Crippen molar-refractivity contribution in [3.8, 4) is 17.0 Å². The molecule has 0 bridgehead atoms. The first-order valence-electron chi connectivity index (χ1n) is 5.40. The molecule has 0 aliphatic rings. The van der Waals surface area contributed by atoms with Crippen LogP contribution in [0, 0.1) is 20.8 Å². The highest BCUT2D eigenvalue weighted by atomic mass is 79.9. The van der Waals surface area contributed by atoms with E-state index >= 15 is 0 Å². The van der Waals surface area contributed by atoms with Gasteiger partial charge in [-0.1, -0.05) is 0 Å². The van der Waals surface area contributed by atoms with E-state index in [4.69, 9.17) is 4.74 Å². The summed E-state index contributed by atoms with van der Waals surface area (Å²) < 4.78 is 6.12. The lowest BCUT2D eigenvalue weighted by Gasteiger charge is -2.14. The molecule has 2 aromatic rings. The monoisotopic (exact) mass is 294 g/mol. The van der Waals surface area contributed by atoms with Gasteiger partial charge in [0.1, 0.15) is 5.75 Å². The number of nitrogens with zero attached hydrogens (tertiary/aromatic N) is 1. The van der Waals surface area contributed by atoms with Crippen molar-refractivity contribution in [2.24, 2.45) is 0 Å². The average molecular weight is 295 g/mol. The maximum absolute atomic E-state index is 5.37. The molecule has 0 saturated heterocycles. The van der Waals surface area contributed by atoms with E-state index in [9.17, 15) is 0 Å². The number of halogens is 1. The lowest BCUT2D eigenvalue weighted by atomic mass is 9.95. The summed E-state index contributed by atoms with van der Waals surface area (Å²) in [5, 5.41) is 0. The van der Waals surface area contributed by atoms with E-state index in [1.165, 1.54) is 22.3 Å². The van der Waals surface area contributed by atoms with Crippen LogP contribution < -0.4 is 4.74 Å². The Labute approximate surface area is 109 Å². The molecule has 0 aliphatic carbocycles. The van der Waals surface area contributed by atoms with Crippen LogP contribution in [0.2, 0.25) is 0 Å². The number of imidazole rings is 1. The van der Waals surface area contributed by atoms with Gasteiger partial charge in [0.05, 0.1) is 19.0 Å². The summed E-state index contributed by atoms with van der Waals surface area (Å²) in [6.07, 6.45) is 1.84. The standard InChI is InChI=1S/C13H15BrN2O/c1-7-5-11(17-4)8(2)9(3)12(7)10-6-15-13(14)16-10/h5-6H,1-4H3,(H,15,16). The number of rotatable bonds is 2. The van der Waals surface area contributed by atoms with Crippen molar-refractivity contribution in [1.29, 1.82) is 0 Å². The number of aromatic amines is 1. The molecule has 0 atom stereocenters. The summed E-state index contributed by atoms with van der Waals surface area (Å²) in [5.74, 6) is 0.933. The number of benzene rings is 1. The second-order valence-corrected chi connectivity index (χ2v) is 4.86. The molecular weight excluding hydrogens is 280 g/mol. The number of hydrogen-bond donors (Lipinski definition) is 1. The van der Waals surface area contributed by atoms with Crippen molar-refractivity contribution in [2.45, 2.75) is 20.8 Å². The molecular formula is C13H15BrN2O. The fourth-order valence-corrected chi connectivity index (χ4v) is 2.41. The van der Waals surface area contributed by atoms with E-state index in [1.807, 2.05) is 6.20 Å². The van der Waals surface area contributed by atoms with Crippen molar-refractivity contribution >= 4 is 15.9 Å². The number of aromatic nitrogens is 2. The number of H-pyrrole nitrogens is 1. The van der Waals surface area contributed by atoms with Gasteiger partial charge in [-0.25, -0.2) is 4.98 Å². The highest BCUT2D eigenvalue weighted by molar-refractivity contribution is 9.10. The number of methoxy groups -OCH3 is 1. The van der Waals surface area contributed by atoms with Crippen molar-refractivity contribution in [2.75, 3.05) is 7.11 Å². The third-order valence-electron chi connectivity index (χ3n) is 3.08. The van der Waals surface area contributed by atoms with E-state index in [-0.39, 0.29) is 0 Å². The molecule has 0 amide bonds. The van der Waals surface area contributed by atoms with Crippen molar-refractivity contribution in [1.82, 2.24) is 9.97 Å². The van der Waals surface area contributed by atoms with Gasteiger partial charge in [-0.15, -0.1) is 0 Å². The van der Waals surface area contributed by atoms with Crippen molar-refractivity contribution in [3.63, 3.8) is 0 Å². The first-order chi connectivity index (χ1) is 8.04. The van der Waals surface area contributed by atoms with E-state index in [2.05, 4.69) is 52.7 Å². The Balaban J connectivity index is 2.66. The van der Waals surface area contributed by atoms with E-state index < -0.39 is 0 Å². The Morgan fingerprint density at radius 1 is 1.24 bits per heavy atom. The molecule has 90 valence electrons. The van der Waals surface area contributed by atoms with Crippen LogP contribution in [0.3, 0.4) is 0 Å². The molecule has 0 aliphatic heterocycles. The Bertz CT molecular complexity index is 561. The van der Waals surface area contributed by atoms with Crippen LogP contribution in [0.5, 0.6) is 5.75 Å². The Morgan fingerprint density at radius 2 is 1.94 bits per heavy atom. The molecule has 3 nitrogen and oxygen atoms in total. The van der Waals surface area contributed by atoms with Crippen LogP contribution in [0.1, 0.15) is 16.7 Å². The summed E-state index contributed by atoms with van der Waals surface area (Å²) in [5.41, 5.74) is 5.79. The van der Waals surface area contributed by atoms with Gasteiger partial charge in [-0.05, 0) is 59.5 Å². The van der Waals surface area contributed by atoms with Crippen molar-refractivity contribution < 1.29 is 4.74 Å². The van der Waals surface area contributed by atoms with Gasteiger partial charge < -0.3 is 9.72 Å². The molecule has 0 fully saturated rings. The average Bonchev–Trinajstić information content (AvgIpc) is 2.70. The molecule has 1 heterocycles. The zero-order valence-corrected chi connectivity index (χ0v) is 12.0. The number of nitrogens with one attached hydrogen (secondary N) is 1. The van der Waals surface area contributed by atoms with Gasteiger partial charge in [0.25, 0.3) is 0 Å². The quantitative estimate of drug-likeness (QED) is 0.915. The zero-order valence-electron chi connectivity index (χ0n) is 10.4. The minimum absolute atomic E-state index is 0.750. The normalized spacial score (nSPS) is 10.6. The molecule has 2 rings (SSSR count). The number of hydrogen-bond acceptors (Lipinski definition) is 2. The van der Waals surface area contributed by atoms with E-state index in [0.717, 1.165) is 16.2 Å². The van der Waals surface area contributed by atoms with Crippen LogP contribution in [0.4, 0.5) is 0 Å². The number of ether oxygens (including phenoxy) is 1. The van der Waals surface area contributed by atoms with Crippen LogP contribution in [-0.2, 0) is 0 Å². The van der Waals surface area contributed by atoms with Gasteiger partial charge in [-0.3, -0.25) is 0 Å². The maximum Gasteiger partial charge on any atom is 0.174 e. The smallest absolute Gasteiger partial charge is 0.174 e. The predicted molar refractivity (Wildman–Crippen MR) is 72.5 cm³/mol. The van der Waals surface area contributed by atoms with Gasteiger partial charge in [0.2, 0.25) is 0 Å². The second-order valence-electron chi connectivity index (χ2n) is 4.11. The molecule has 1 N–H and O–H groups in total. The predicted octanol–water partition coefficient (Wildman–Crippen LogP) is 3.77. The van der Waals surface area contributed by atoms with Gasteiger partial charge >= 0.3 is 0 Å². The molecule has 17 heavy (non-hydrogen) atoms. The first kappa shape index (κ1) is 12.2. The Kier molecular flexibility index (Phi) is 3.24. The summed E-state index contributed by atoms with van der Waals surface area (Å²) in [4.78, 5) is 7.38. The summed E-state index contributed by atoms with van der Waals surface area (Å²) in [6.45, 7) is 6.26. The van der Waals surface area contributed by atoms with E-state index in [0.29, 0.717) is 0 Å². The summed E-state index contributed by atoms with van der Waals surface area (Å²) in [6, 6.07) is 2.06. The topological polar surface area (TPSA) is 37.9 Å². The Hall–Kier alpha value is -1.29. The van der Waals surface area contributed by atoms with Gasteiger partial charge in [-0.2, -0.15) is 0 Å². The molecule has 1 aromatic carbocycles. The molecule has 0 unspecified atom stereocenters. The van der Waals surface area contributed by atoms with Crippen LogP contribution in [0.15, 0.2) is 17.0 Å². The minimum atomic E-state index is 0.750. The van der Waals surface area contributed by atoms with Crippen LogP contribution in [-0.4, -0.2) is 17.1 Å². The fourth-order valence-electron chi connectivity index (χ4n) is 2.10. The zero-order chi connectivity index (χ0) is 12.6. The first-order valence-corrected chi connectivity index (χ1v) is 6.19. The van der Waals surface area contributed by atoms with Gasteiger partial charge in [0, 0.05) is 5.56 Å². The SMILES string of the molecule is COc1cc(C)c(-c2cnc(Br)[nH]2)c(C)c1C. The molecule has 0 spiro atoms. The van der Waals surface area contributed by atoms with Crippen molar-refractivity contribution in [3.05, 3.63) is 33.7 Å². The number of aryl methyl sites for hydroxylation is 1. The van der Waals surface area contributed by atoms with Crippen LogP contribution in [0.25, 0.3) is 11.3 Å². The molecule has 0 saturated carbocycles. The summed E-state index contributed by atoms with van der Waals surface area (Å²) in [7, 11) is 1.70. The highest BCUT2D eigenvalue weighted by Crippen LogP contribution is 2.33. The molecule has 0 radical (unpaired) electrons. The minimum Gasteiger partial charge on any atom is -0.496 e. The largest absolute Gasteiger partial charge is 0.496 e. The fraction of sp³-hybridized carbons (Fsp3) is 0.308. The maximum atomic E-state index is 5.37. The van der Waals surface area contributed by atoms with Crippen LogP contribution >= 0.6 is 15.9 Å². The lowest BCUT2D eigenvalue weighted by Crippen LogP contribution is -1.96.